The maximum absolute atomic E-state index is 12.3. The van der Waals surface area contributed by atoms with Crippen LogP contribution < -0.4 is 10.0 Å². The van der Waals surface area contributed by atoms with Crippen molar-refractivity contribution in [1.82, 2.24) is 0 Å². The Hall–Kier alpha value is -3.31. The van der Waals surface area contributed by atoms with Crippen molar-refractivity contribution in [3.05, 3.63) is 66.4 Å². The molecule has 128 valence electrons. The zero-order valence-electron chi connectivity index (χ0n) is 13.3. The monoisotopic (exact) mass is 357 g/mol. The lowest BCUT2D eigenvalue weighted by atomic mass is 10.3. The number of anilines is 2. The van der Waals surface area contributed by atoms with Crippen LogP contribution >= 0.6 is 0 Å². The number of hydrogen-bond donors (Lipinski definition) is 2. The molecule has 0 radical (unpaired) electrons. The molecule has 0 saturated heterocycles. The van der Waals surface area contributed by atoms with Crippen LogP contribution in [0.25, 0.3) is 0 Å². The third-order valence-corrected chi connectivity index (χ3v) is 4.50. The number of nitrogens with one attached hydrogen (secondary N) is 2. The molecule has 7 nitrogen and oxygen atoms in total. The summed E-state index contributed by atoms with van der Waals surface area (Å²) in [5.41, 5.74) is 0.768. The molecular weight excluding hydrogens is 342 g/mol. The van der Waals surface area contributed by atoms with Gasteiger partial charge < -0.3 is 10.1 Å². The van der Waals surface area contributed by atoms with Crippen LogP contribution in [0, 0.1) is 11.3 Å². The maximum Gasteiger partial charge on any atom is 0.350 e. The van der Waals surface area contributed by atoms with E-state index < -0.39 is 16.0 Å². The smallest absolute Gasteiger partial charge is 0.350 e. The molecule has 0 aliphatic rings. The summed E-state index contributed by atoms with van der Waals surface area (Å²) in [5, 5.41) is 11.6. The number of carbonyl (C=O) groups is 1. The summed E-state index contributed by atoms with van der Waals surface area (Å²) in [7, 11) is -2.53. The highest BCUT2D eigenvalue weighted by molar-refractivity contribution is 7.92. The standard InChI is InChI=1S/C17H15N3O4S/c1-24-17(21)13(11-18)12-19-14-7-9-16(10-8-14)25(22,23)20-15-5-3-2-4-6-15/h2-10,12,19-20H,1H3/b13-12+. The molecule has 0 spiro atoms. The Morgan fingerprint density at radius 2 is 1.72 bits per heavy atom. The van der Waals surface area contributed by atoms with Gasteiger partial charge in [0.1, 0.15) is 6.07 Å². The Morgan fingerprint density at radius 1 is 1.08 bits per heavy atom. The minimum atomic E-state index is -3.70. The highest BCUT2D eigenvalue weighted by Gasteiger charge is 2.14. The molecule has 25 heavy (non-hydrogen) atoms. The number of nitriles is 1. The van der Waals surface area contributed by atoms with E-state index in [1.54, 1.807) is 36.4 Å². The summed E-state index contributed by atoms with van der Waals surface area (Å²) in [5.74, 6) is -0.763. The van der Waals surface area contributed by atoms with Crippen molar-refractivity contribution in [2.75, 3.05) is 17.1 Å². The van der Waals surface area contributed by atoms with E-state index in [-0.39, 0.29) is 10.5 Å². The number of esters is 1. The fourth-order valence-corrected chi connectivity index (χ4v) is 2.91. The molecule has 0 fully saturated rings. The third kappa shape index (κ3) is 4.83. The van der Waals surface area contributed by atoms with Crippen molar-refractivity contribution in [2.24, 2.45) is 0 Å². The summed E-state index contributed by atoms with van der Waals surface area (Å²) in [6.45, 7) is 0. The van der Waals surface area contributed by atoms with Gasteiger partial charge in [-0.1, -0.05) is 18.2 Å². The van der Waals surface area contributed by atoms with Gasteiger partial charge in [0.05, 0.1) is 12.0 Å². The SMILES string of the molecule is COC(=O)/C(C#N)=C/Nc1ccc(S(=O)(=O)Nc2ccccc2)cc1. The number of nitrogens with zero attached hydrogens (tertiary/aromatic N) is 1. The van der Waals surface area contributed by atoms with Gasteiger partial charge in [-0.3, -0.25) is 4.72 Å². The Morgan fingerprint density at radius 3 is 2.28 bits per heavy atom. The van der Waals surface area contributed by atoms with E-state index in [2.05, 4.69) is 14.8 Å². The van der Waals surface area contributed by atoms with E-state index in [0.29, 0.717) is 11.4 Å². The fraction of sp³-hybridized carbons (Fsp3) is 0.0588. The van der Waals surface area contributed by atoms with Crippen LogP contribution in [0.4, 0.5) is 11.4 Å². The maximum atomic E-state index is 12.3. The third-order valence-electron chi connectivity index (χ3n) is 3.10. The van der Waals surface area contributed by atoms with Gasteiger partial charge in [-0.2, -0.15) is 5.26 Å². The number of rotatable bonds is 6. The van der Waals surface area contributed by atoms with E-state index in [4.69, 9.17) is 5.26 Å². The molecule has 2 aromatic carbocycles. The number of sulfonamides is 1. The summed E-state index contributed by atoms with van der Waals surface area (Å²) in [4.78, 5) is 11.4. The molecule has 8 heteroatoms. The van der Waals surface area contributed by atoms with Gasteiger partial charge in [0.2, 0.25) is 0 Å². The second kappa shape index (κ2) is 7.99. The molecule has 2 N–H and O–H groups in total. The fourth-order valence-electron chi connectivity index (χ4n) is 1.85. The first kappa shape index (κ1) is 18.0. The minimum absolute atomic E-state index is 0.0827. The van der Waals surface area contributed by atoms with Crippen molar-refractivity contribution in [3.8, 4) is 6.07 Å². The van der Waals surface area contributed by atoms with E-state index in [0.717, 1.165) is 0 Å². The lowest BCUT2D eigenvalue weighted by Gasteiger charge is -2.09. The zero-order chi connectivity index (χ0) is 18.3. The average molecular weight is 357 g/mol. The predicted octanol–water partition coefficient (Wildman–Crippen LogP) is 2.48. The molecular formula is C17H15N3O4S. The molecule has 2 rings (SSSR count). The van der Waals surface area contributed by atoms with E-state index in [1.807, 2.05) is 0 Å². The van der Waals surface area contributed by atoms with E-state index in [9.17, 15) is 13.2 Å². The Bertz CT molecular complexity index is 915. The second-order valence-corrected chi connectivity index (χ2v) is 6.48. The molecule has 0 bridgehead atoms. The summed E-state index contributed by atoms with van der Waals surface area (Å²) >= 11 is 0. The highest BCUT2D eigenvalue weighted by atomic mass is 32.2. The molecule has 0 atom stereocenters. The van der Waals surface area contributed by atoms with Crippen molar-refractivity contribution in [3.63, 3.8) is 0 Å². The molecule has 0 aliphatic heterocycles. The van der Waals surface area contributed by atoms with Gasteiger partial charge in [0.25, 0.3) is 10.0 Å². The average Bonchev–Trinajstić information content (AvgIpc) is 2.62. The molecule has 0 unspecified atom stereocenters. The van der Waals surface area contributed by atoms with E-state index in [1.165, 1.54) is 37.6 Å². The van der Waals surface area contributed by atoms with Gasteiger partial charge in [-0.15, -0.1) is 0 Å². The van der Waals surface area contributed by atoms with Crippen molar-refractivity contribution < 1.29 is 17.9 Å². The van der Waals surface area contributed by atoms with Crippen LogP contribution in [-0.2, 0) is 19.6 Å². The quantitative estimate of drug-likeness (QED) is 0.467. The number of benzene rings is 2. The van der Waals surface area contributed by atoms with Gasteiger partial charge >= 0.3 is 5.97 Å². The van der Waals surface area contributed by atoms with Crippen molar-refractivity contribution >= 4 is 27.4 Å². The molecule has 0 saturated carbocycles. The first-order chi connectivity index (χ1) is 12.0. The summed E-state index contributed by atoms with van der Waals surface area (Å²) < 4.78 is 31.5. The van der Waals surface area contributed by atoms with Gasteiger partial charge in [0, 0.05) is 17.6 Å². The van der Waals surface area contributed by atoms with Crippen molar-refractivity contribution in [1.29, 1.82) is 5.26 Å². The van der Waals surface area contributed by atoms with Crippen LogP contribution in [0.3, 0.4) is 0 Å². The highest BCUT2D eigenvalue weighted by Crippen LogP contribution is 2.18. The molecule has 0 aromatic heterocycles. The number of hydrogen-bond acceptors (Lipinski definition) is 6. The Balaban J connectivity index is 2.13. The van der Waals surface area contributed by atoms with Crippen LogP contribution in [0.5, 0.6) is 0 Å². The topological polar surface area (TPSA) is 108 Å². The predicted molar refractivity (Wildman–Crippen MR) is 93.0 cm³/mol. The van der Waals surface area contributed by atoms with Crippen LogP contribution in [-0.4, -0.2) is 21.5 Å². The molecule has 2 aromatic rings. The lowest BCUT2D eigenvalue weighted by molar-refractivity contribution is -0.135. The Kier molecular flexibility index (Phi) is 5.76. The largest absolute Gasteiger partial charge is 0.465 e. The zero-order valence-corrected chi connectivity index (χ0v) is 14.1. The number of carbonyl (C=O) groups excluding carboxylic acids is 1. The Labute approximate surface area is 145 Å². The lowest BCUT2D eigenvalue weighted by Crippen LogP contribution is -2.12. The van der Waals surface area contributed by atoms with Crippen LogP contribution in [0.15, 0.2) is 71.3 Å². The molecule has 0 aliphatic carbocycles. The van der Waals surface area contributed by atoms with Gasteiger partial charge in [0.15, 0.2) is 5.57 Å². The number of methoxy groups -OCH3 is 1. The molecule has 0 amide bonds. The summed E-state index contributed by atoms with van der Waals surface area (Å²) in [6.07, 6.45) is 1.19. The van der Waals surface area contributed by atoms with E-state index >= 15 is 0 Å². The van der Waals surface area contributed by atoms with Crippen molar-refractivity contribution in [2.45, 2.75) is 4.90 Å². The first-order valence-electron chi connectivity index (χ1n) is 7.09. The normalized spacial score (nSPS) is 11.3. The minimum Gasteiger partial charge on any atom is -0.465 e. The number of para-hydroxylation sites is 1. The van der Waals surface area contributed by atoms with Crippen LogP contribution in [0.1, 0.15) is 0 Å². The van der Waals surface area contributed by atoms with Crippen LogP contribution in [0.2, 0.25) is 0 Å². The number of ether oxygens (including phenoxy) is 1. The second-order valence-electron chi connectivity index (χ2n) is 4.80. The summed E-state index contributed by atoms with van der Waals surface area (Å²) in [6, 6.07) is 16.1. The van der Waals surface area contributed by atoms with Gasteiger partial charge in [-0.05, 0) is 36.4 Å². The first-order valence-corrected chi connectivity index (χ1v) is 8.57. The molecule has 0 heterocycles. The van der Waals surface area contributed by atoms with Gasteiger partial charge in [-0.25, -0.2) is 13.2 Å².